The highest BCUT2D eigenvalue weighted by Crippen LogP contribution is 2.35. The second-order valence-electron chi connectivity index (χ2n) is 6.90. The molecule has 2 aliphatic rings. The van der Waals surface area contributed by atoms with E-state index in [9.17, 15) is 0 Å². The third-order valence-corrected chi connectivity index (χ3v) is 3.90. The Morgan fingerprint density at radius 1 is 1.25 bits per heavy atom. The molecule has 94 valence electrons. The van der Waals surface area contributed by atoms with Crippen LogP contribution in [0.3, 0.4) is 0 Å². The SMILES string of the molecule is CCC1CNC(C2CC2)CN1CC(C)(C)C. The van der Waals surface area contributed by atoms with Gasteiger partial charge in [0, 0.05) is 31.7 Å². The van der Waals surface area contributed by atoms with E-state index in [0.717, 1.165) is 18.0 Å². The zero-order chi connectivity index (χ0) is 11.8. The summed E-state index contributed by atoms with van der Waals surface area (Å²) in [6.45, 7) is 13.1. The van der Waals surface area contributed by atoms with Crippen molar-refractivity contribution >= 4 is 0 Å². The summed E-state index contributed by atoms with van der Waals surface area (Å²) in [6.07, 6.45) is 4.19. The lowest BCUT2D eigenvalue weighted by Gasteiger charge is -2.43. The molecule has 0 aromatic carbocycles. The third-order valence-electron chi connectivity index (χ3n) is 3.90. The van der Waals surface area contributed by atoms with Gasteiger partial charge >= 0.3 is 0 Å². The van der Waals surface area contributed by atoms with Crippen molar-refractivity contribution in [3.63, 3.8) is 0 Å². The Hall–Kier alpha value is -0.0800. The number of rotatable bonds is 3. The van der Waals surface area contributed by atoms with Gasteiger partial charge in [0.15, 0.2) is 0 Å². The van der Waals surface area contributed by atoms with Crippen molar-refractivity contribution in [2.75, 3.05) is 19.6 Å². The molecule has 0 aromatic rings. The molecule has 1 N–H and O–H groups in total. The zero-order valence-electron chi connectivity index (χ0n) is 11.4. The van der Waals surface area contributed by atoms with E-state index >= 15 is 0 Å². The highest BCUT2D eigenvalue weighted by atomic mass is 15.2. The van der Waals surface area contributed by atoms with E-state index in [1.807, 2.05) is 0 Å². The van der Waals surface area contributed by atoms with Crippen LogP contribution < -0.4 is 5.32 Å². The summed E-state index contributed by atoms with van der Waals surface area (Å²) in [5.41, 5.74) is 0.429. The van der Waals surface area contributed by atoms with Crippen LogP contribution in [0.15, 0.2) is 0 Å². The number of hydrogen-bond acceptors (Lipinski definition) is 2. The van der Waals surface area contributed by atoms with Gasteiger partial charge in [-0.3, -0.25) is 4.90 Å². The number of piperazine rings is 1. The maximum Gasteiger partial charge on any atom is 0.0224 e. The van der Waals surface area contributed by atoms with Crippen LogP contribution >= 0.6 is 0 Å². The molecule has 1 aliphatic heterocycles. The molecule has 1 aliphatic carbocycles. The fraction of sp³-hybridized carbons (Fsp3) is 1.00. The van der Waals surface area contributed by atoms with Crippen LogP contribution in [0, 0.1) is 11.3 Å². The van der Waals surface area contributed by atoms with Crippen LogP contribution in [0.4, 0.5) is 0 Å². The zero-order valence-corrected chi connectivity index (χ0v) is 11.4. The van der Waals surface area contributed by atoms with Gasteiger partial charge in [0.2, 0.25) is 0 Å². The first-order valence-corrected chi connectivity index (χ1v) is 6.97. The standard InChI is InChI=1S/C14H28N2/c1-5-12-8-15-13(11-6-7-11)9-16(12)10-14(2,3)4/h11-13,15H,5-10H2,1-4H3. The quantitative estimate of drug-likeness (QED) is 0.792. The fourth-order valence-electron chi connectivity index (χ4n) is 2.90. The van der Waals surface area contributed by atoms with Crippen molar-refractivity contribution in [1.82, 2.24) is 10.2 Å². The molecule has 1 saturated heterocycles. The van der Waals surface area contributed by atoms with Crippen LogP contribution in [0.2, 0.25) is 0 Å². The maximum atomic E-state index is 3.76. The molecule has 0 aromatic heterocycles. The first-order valence-electron chi connectivity index (χ1n) is 6.97. The largest absolute Gasteiger partial charge is 0.311 e. The summed E-state index contributed by atoms with van der Waals surface area (Å²) in [4.78, 5) is 2.74. The maximum absolute atomic E-state index is 3.76. The van der Waals surface area contributed by atoms with Gasteiger partial charge in [-0.15, -0.1) is 0 Å². The Balaban J connectivity index is 1.93. The van der Waals surface area contributed by atoms with Crippen molar-refractivity contribution in [3.05, 3.63) is 0 Å². The molecule has 2 fully saturated rings. The molecule has 2 heteroatoms. The minimum absolute atomic E-state index is 0.429. The molecule has 2 rings (SSSR count). The molecule has 16 heavy (non-hydrogen) atoms. The number of nitrogens with one attached hydrogen (secondary N) is 1. The molecule has 2 unspecified atom stereocenters. The number of nitrogens with zero attached hydrogens (tertiary/aromatic N) is 1. The van der Waals surface area contributed by atoms with E-state index in [4.69, 9.17) is 0 Å². The van der Waals surface area contributed by atoms with E-state index < -0.39 is 0 Å². The molecule has 2 atom stereocenters. The van der Waals surface area contributed by atoms with Crippen molar-refractivity contribution < 1.29 is 0 Å². The van der Waals surface area contributed by atoms with E-state index in [0.29, 0.717) is 5.41 Å². The molecular formula is C14H28N2. The number of hydrogen-bond donors (Lipinski definition) is 1. The van der Waals surface area contributed by atoms with Gasteiger partial charge in [-0.2, -0.15) is 0 Å². The average molecular weight is 224 g/mol. The molecule has 0 radical (unpaired) electrons. The summed E-state index contributed by atoms with van der Waals surface area (Å²) in [5, 5.41) is 3.76. The third kappa shape index (κ3) is 3.21. The van der Waals surface area contributed by atoms with Crippen molar-refractivity contribution in [1.29, 1.82) is 0 Å². The topological polar surface area (TPSA) is 15.3 Å². The van der Waals surface area contributed by atoms with Crippen LogP contribution in [0.5, 0.6) is 0 Å². The summed E-state index contributed by atoms with van der Waals surface area (Å²) in [5.74, 6) is 0.986. The van der Waals surface area contributed by atoms with Crippen LogP contribution in [0.1, 0.15) is 47.0 Å². The molecular weight excluding hydrogens is 196 g/mol. The minimum atomic E-state index is 0.429. The summed E-state index contributed by atoms with van der Waals surface area (Å²) in [7, 11) is 0. The van der Waals surface area contributed by atoms with Crippen LogP contribution in [0.25, 0.3) is 0 Å². The molecule has 2 nitrogen and oxygen atoms in total. The highest BCUT2D eigenvalue weighted by Gasteiger charge is 2.37. The van der Waals surface area contributed by atoms with Gasteiger partial charge in [-0.25, -0.2) is 0 Å². The van der Waals surface area contributed by atoms with E-state index in [-0.39, 0.29) is 0 Å². The summed E-state index contributed by atoms with van der Waals surface area (Å²) < 4.78 is 0. The van der Waals surface area contributed by atoms with Crippen molar-refractivity contribution in [3.8, 4) is 0 Å². The monoisotopic (exact) mass is 224 g/mol. The lowest BCUT2D eigenvalue weighted by atomic mass is 9.93. The summed E-state index contributed by atoms with van der Waals surface area (Å²) in [6, 6.07) is 1.54. The van der Waals surface area contributed by atoms with E-state index in [1.54, 1.807) is 0 Å². The molecule has 0 amide bonds. The molecule has 0 spiro atoms. The predicted molar refractivity (Wildman–Crippen MR) is 69.6 cm³/mol. The smallest absolute Gasteiger partial charge is 0.0224 e. The lowest BCUT2D eigenvalue weighted by Crippen LogP contribution is -2.58. The normalized spacial score (nSPS) is 33.0. The van der Waals surface area contributed by atoms with Gasteiger partial charge in [0.1, 0.15) is 0 Å². The molecule has 1 heterocycles. The first kappa shape index (κ1) is 12.4. The van der Waals surface area contributed by atoms with E-state index in [1.165, 1.54) is 38.9 Å². The molecule has 0 bridgehead atoms. The predicted octanol–water partition coefficient (Wildman–Crippen LogP) is 2.49. The van der Waals surface area contributed by atoms with Gasteiger partial charge in [-0.05, 0) is 30.6 Å². The van der Waals surface area contributed by atoms with Gasteiger partial charge in [0.05, 0.1) is 0 Å². The minimum Gasteiger partial charge on any atom is -0.311 e. The Labute approximate surface area is 101 Å². The first-order chi connectivity index (χ1) is 7.49. The Morgan fingerprint density at radius 3 is 2.44 bits per heavy atom. The Morgan fingerprint density at radius 2 is 1.94 bits per heavy atom. The lowest BCUT2D eigenvalue weighted by molar-refractivity contribution is 0.0826. The Bertz CT molecular complexity index is 227. The van der Waals surface area contributed by atoms with E-state index in [2.05, 4.69) is 37.9 Å². The Kier molecular flexibility index (Phi) is 3.60. The van der Waals surface area contributed by atoms with Crippen LogP contribution in [-0.2, 0) is 0 Å². The second-order valence-corrected chi connectivity index (χ2v) is 6.90. The van der Waals surface area contributed by atoms with Gasteiger partial charge < -0.3 is 5.32 Å². The van der Waals surface area contributed by atoms with Gasteiger partial charge in [-0.1, -0.05) is 27.7 Å². The highest BCUT2D eigenvalue weighted by molar-refractivity contribution is 4.94. The molecule has 1 saturated carbocycles. The van der Waals surface area contributed by atoms with Crippen LogP contribution in [-0.4, -0.2) is 36.6 Å². The fourth-order valence-corrected chi connectivity index (χ4v) is 2.90. The second kappa shape index (κ2) is 4.66. The summed E-state index contributed by atoms with van der Waals surface area (Å²) >= 11 is 0. The average Bonchev–Trinajstić information content (AvgIpc) is 2.98. The van der Waals surface area contributed by atoms with Crippen molar-refractivity contribution in [2.45, 2.75) is 59.0 Å². The van der Waals surface area contributed by atoms with Crippen molar-refractivity contribution in [2.24, 2.45) is 11.3 Å². The van der Waals surface area contributed by atoms with Gasteiger partial charge in [0.25, 0.3) is 0 Å².